The highest BCUT2D eigenvalue weighted by Gasteiger charge is 2.28. The predicted molar refractivity (Wildman–Crippen MR) is 130 cm³/mol. The highest BCUT2D eigenvalue weighted by molar-refractivity contribution is 6.31. The van der Waals surface area contributed by atoms with Crippen LogP contribution in [0.25, 0.3) is 10.9 Å². The van der Waals surface area contributed by atoms with Crippen molar-refractivity contribution in [3.63, 3.8) is 0 Å². The number of nitrogens with zero attached hydrogens (tertiary/aromatic N) is 5. The van der Waals surface area contributed by atoms with Gasteiger partial charge in [-0.25, -0.2) is 15.0 Å². The van der Waals surface area contributed by atoms with Gasteiger partial charge < -0.3 is 15.2 Å². The summed E-state index contributed by atoms with van der Waals surface area (Å²) in [5.74, 6) is 0.640. The molecule has 2 N–H and O–H groups in total. The fraction of sp³-hybridized carbons (Fsp3) is 0.208. The van der Waals surface area contributed by atoms with E-state index in [0.717, 1.165) is 16.6 Å². The van der Waals surface area contributed by atoms with Gasteiger partial charge in [0, 0.05) is 48.5 Å². The van der Waals surface area contributed by atoms with Crippen LogP contribution >= 0.6 is 11.6 Å². The third-order valence-corrected chi connectivity index (χ3v) is 6.01. The van der Waals surface area contributed by atoms with Crippen LogP contribution in [-0.2, 0) is 12.6 Å². The summed E-state index contributed by atoms with van der Waals surface area (Å²) in [6.45, 7) is 4.04. The van der Waals surface area contributed by atoms with Crippen molar-refractivity contribution in [2.24, 2.45) is 7.05 Å². The van der Waals surface area contributed by atoms with Gasteiger partial charge in [-0.2, -0.15) is 5.26 Å². The van der Waals surface area contributed by atoms with Crippen molar-refractivity contribution in [1.82, 2.24) is 19.5 Å². The van der Waals surface area contributed by atoms with Gasteiger partial charge in [0.2, 0.25) is 0 Å². The van der Waals surface area contributed by atoms with E-state index in [0.29, 0.717) is 23.6 Å². The van der Waals surface area contributed by atoms with E-state index in [4.69, 9.17) is 11.6 Å². The largest absolute Gasteiger partial charge is 0.372 e. The molecule has 0 aliphatic rings. The lowest BCUT2D eigenvalue weighted by Gasteiger charge is -2.30. The Bertz CT molecular complexity index is 1430. The first-order valence-corrected chi connectivity index (χ1v) is 10.7. The van der Waals surface area contributed by atoms with Crippen LogP contribution in [0, 0.1) is 11.3 Å². The molecule has 1 aromatic carbocycles. The summed E-state index contributed by atoms with van der Waals surface area (Å²) in [6.07, 6.45) is 5.64. The van der Waals surface area contributed by atoms with Crippen molar-refractivity contribution in [2.45, 2.75) is 25.8 Å². The van der Waals surface area contributed by atoms with E-state index in [-0.39, 0.29) is 16.3 Å². The molecule has 0 saturated heterocycles. The molecule has 0 aliphatic carbocycles. The Hall–Kier alpha value is -3.96. The first kappa shape index (κ1) is 22.2. The SMILES string of the molecule is CCC(C)(Nc1cc(=O)n(C)c2ccc(Nc3ccnc(Cl)c3C#N)cc12)c1ncccn1. The van der Waals surface area contributed by atoms with Crippen LogP contribution < -0.4 is 16.2 Å². The molecule has 0 radical (unpaired) electrons. The number of halogens is 1. The molecule has 8 nitrogen and oxygen atoms in total. The van der Waals surface area contributed by atoms with Crippen LogP contribution in [0.4, 0.5) is 17.1 Å². The number of nitriles is 1. The minimum atomic E-state index is -0.587. The molecule has 0 fully saturated rings. The Morgan fingerprint density at radius 1 is 1.12 bits per heavy atom. The first-order valence-electron chi connectivity index (χ1n) is 10.4. The van der Waals surface area contributed by atoms with Crippen LogP contribution in [0.2, 0.25) is 5.15 Å². The van der Waals surface area contributed by atoms with Crippen LogP contribution in [0.1, 0.15) is 31.7 Å². The average Bonchev–Trinajstić information content (AvgIpc) is 2.83. The molecule has 3 aromatic heterocycles. The Morgan fingerprint density at radius 2 is 1.88 bits per heavy atom. The number of benzene rings is 1. The molecular weight excluding hydrogens is 438 g/mol. The molecule has 0 amide bonds. The summed E-state index contributed by atoms with van der Waals surface area (Å²) < 4.78 is 1.59. The van der Waals surface area contributed by atoms with Gasteiger partial charge in [-0.1, -0.05) is 18.5 Å². The summed E-state index contributed by atoms with van der Waals surface area (Å²) in [7, 11) is 1.73. The fourth-order valence-electron chi connectivity index (χ4n) is 3.63. The highest BCUT2D eigenvalue weighted by Crippen LogP contribution is 2.33. The monoisotopic (exact) mass is 459 g/mol. The molecule has 33 heavy (non-hydrogen) atoms. The lowest BCUT2D eigenvalue weighted by Crippen LogP contribution is -2.34. The molecule has 0 spiro atoms. The molecule has 0 aliphatic heterocycles. The van der Waals surface area contributed by atoms with Crippen molar-refractivity contribution in [2.75, 3.05) is 10.6 Å². The zero-order chi connectivity index (χ0) is 23.6. The van der Waals surface area contributed by atoms with Gasteiger partial charge in [0.1, 0.15) is 16.8 Å². The van der Waals surface area contributed by atoms with Crippen molar-refractivity contribution in [3.8, 4) is 6.07 Å². The van der Waals surface area contributed by atoms with Gasteiger partial charge in [0.05, 0.1) is 16.7 Å². The zero-order valence-corrected chi connectivity index (χ0v) is 19.2. The average molecular weight is 460 g/mol. The Morgan fingerprint density at radius 3 is 2.58 bits per heavy atom. The minimum absolute atomic E-state index is 0.133. The van der Waals surface area contributed by atoms with Crippen LogP contribution in [0.3, 0.4) is 0 Å². The number of hydrogen-bond acceptors (Lipinski definition) is 7. The third-order valence-electron chi connectivity index (χ3n) is 5.72. The molecule has 166 valence electrons. The maximum Gasteiger partial charge on any atom is 0.252 e. The summed E-state index contributed by atoms with van der Waals surface area (Å²) in [5, 5.41) is 17.2. The number of aromatic nitrogens is 4. The smallest absolute Gasteiger partial charge is 0.252 e. The van der Waals surface area contributed by atoms with Gasteiger partial charge in [0.15, 0.2) is 5.82 Å². The van der Waals surface area contributed by atoms with Crippen LogP contribution in [0.5, 0.6) is 0 Å². The highest BCUT2D eigenvalue weighted by atomic mass is 35.5. The lowest BCUT2D eigenvalue weighted by atomic mass is 9.96. The Balaban J connectivity index is 1.82. The lowest BCUT2D eigenvalue weighted by molar-refractivity contribution is 0.489. The first-order chi connectivity index (χ1) is 15.9. The summed E-state index contributed by atoms with van der Waals surface area (Å²) >= 11 is 6.07. The van der Waals surface area contributed by atoms with Gasteiger partial charge in [-0.3, -0.25) is 4.79 Å². The molecule has 0 saturated carbocycles. The molecule has 3 heterocycles. The number of hydrogen-bond donors (Lipinski definition) is 2. The van der Waals surface area contributed by atoms with Gasteiger partial charge >= 0.3 is 0 Å². The number of fused-ring (bicyclic) bond motifs is 1. The number of anilines is 3. The normalized spacial score (nSPS) is 12.7. The number of pyridine rings is 2. The van der Waals surface area contributed by atoms with Gasteiger partial charge in [-0.05, 0) is 43.7 Å². The molecule has 4 rings (SSSR count). The molecule has 1 unspecified atom stereocenters. The number of aryl methyl sites for hydroxylation is 1. The molecular formula is C24H22ClN7O. The topological polar surface area (TPSA) is 109 Å². The van der Waals surface area contributed by atoms with Crippen LogP contribution in [-0.4, -0.2) is 19.5 Å². The van der Waals surface area contributed by atoms with E-state index in [1.807, 2.05) is 32.0 Å². The van der Waals surface area contributed by atoms with Gasteiger partial charge in [-0.15, -0.1) is 0 Å². The van der Waals surface area contributed by atoms with E-state index in [1.54, 1.807) is 42.2 Å². The molecule has 9 heteroatoms. The summed E-state index contributed by atoms with van der Waals surface area (Å²) in [4.78, 5) is 25.5. The van der Waals surface area contributed by atoms with Gasteiger partial charge in [0.25, 0.3) is 5.56 Å². The van der Waals surface area contributed by atoms with E-state index >= 15 is 0 Å². The predicted octanol–water partition coefficient (Wildman–Crippen LogP) is 4.73. The Labute approximate surface area is 195 Å². The molecule has 1 atom stereocenters. The van der Waals surface area contributed by atoms with Crippen molar-refractivity contribution in [1.29, 1.82) is 5.26 Å². The second kappa shape index (κ2) is 8.88. The molecule has 0 bridgehead atoms. The summed E-state index contributed by atoms with van der Waals surface area (Å²) in [5.41, 5.74) is 2.25. The van der Waals surface area contributed by atoms with Crippen molar-refractivity contribution in [3.05, 3.63) is 81.9 Å². The standard InChI is InChI=1S/C24H22ClN7O/c1-4-24(2,23-28-9-5-10-29-23)31-19-13-21(33)32(3)20-7-6-15(12-16(19)20)30-18-8-11-27-22(25)17(18)14-26/h5-13,31H,4H2,1-3H3,(H,27,30). The van der Waals surface area contributed by atoms with E-state index in [9.17, 15) is 10.1 Å². The summed E-state index contributed by atoms with van der Waals surface area (Å²) in [6, 6.07) is 12.7. The zero-order valence-electron chi connectivity index (χ0n) is 18.4. The minimum Gasteiger partial charge on any atom is -0.372 e. The quantitative estimate of drug-likeness (QED) is 0.401. The maximum atomic E-state index is 12.7. The van der Waals surface area contributed by atoms with Crippen molar-refractivity contribution < 1.29 is 0 Å². The van der Waals surface area contributed by atoms with E-state index in [1.165, 1.54) is 6.20 Å². The maximum absolute atomic E-state index is 12.7. The third kappa shape index (κ3) is 4.23. The number of nitrogens with one attached hydrogen (secondary N) is 2. The van der Waals surface area contributed by atoms with Crippen LogP contribution in [0.15, 0.2) is 59.8 Å². The van der Waals surface area contributed by atoms with E-state index < -0.39 is 5.54 Å². The van der Waals surface area contributed by atoms with E-state index in [2.05, 4.69) is 31.7 Å². The second-order valence-corrected chi connectivity index (χ2v) is 8.19. The van der Waals surface area contributed by atoms with Crippen molar-refractivity contribution >= 4 is 39.6 Å². The second-order valence-electron chi connectivity index (χ2n) is 7.83. The Kier molecular flexibility index (Phi) is 5.99. The number of rotatable bonds is 6. The molecule has 4 aromatic rings. The fourth-order valence-corrected chi connectivity index (χ4v) is 3.83.